The fourth-order valence-electron chi connectivity index (χ4n) is 3.67. The summed E-state index contributed by atoms with van der Waals surface area (Å²) in [5.74, 6) is 1.16. The lowest BCUT2D eigenvalue weighted by molar-refractivity contribution is -0.113. The van der Waals surface area contributed by atoms with Crippen LogP contribution in [-0.4, -0.2) is 11.0 Å². The highest BCUT2D eigenvalue weighted by Crippen LogP contribution is 2.43. The Morgan fingerprint density at radius 3 is 2.42 bits per heavy atom. The molecule has 31 heavy (non-hydrogen) atoms. The number of benzene rings is 4. The van der Waals surface area contributed by atoms with Crippen molar-refractivity contribution in [1.82, 2.24) is 0 Å². The van der Waals surface area contributed by atoms with Gasteiger partial charge >= 0.3 is 0 Å². The minimum absolute atomic E-state index is 0.221. The number of hydrogen-bond acceptors (Lipinski definition) is 3. The van der Waals surface area contributed by atoms with Crippen LogP contribution in [0.1, 0.15) is 18.1 Å². The summed E-state index contributed by atoms with van der Waals surface area (Å²) in [4.78, 5) is 11.0. The van der Waals surface area contributed by atoms with Gasteiger partial charge in [0.2, 0.25) is 5.91 Å². The van der Waals surface area contributed by atoms with Crippen LogP contribution in [0.15, 0.2) is 84.9 Å². The van der Waals surface area contributed by atoms with E-state index in [9.17, 15) is 9.90 Å². The maximum absolute atomic E-state index is 11.0. The summed E-state index contributed by atoms with van der Waals surface area (Å²) in [6.45, 7) is 2.11. The molecule has 3 N–H and O–H groups in total. The van der Waals surface area contributed by atoms with Crippen LogP contribution in [0.5, 0.6) is 17.2 Å². The maximum Gasteiger partial charge on any atom is 0.241 e. The average molecular weight is 409 g/mol. The highest BCUT2D eigenvalue weighted by atomic mass is 16.5. The van der Waals surface area contributed by atoms with Gasteiger partial charge in [-0.2, -0.15) is 0 Å². The third-order valence-electron chi connectivity index (χ3n) is 5.14. The zero-order valence-electron chi connectivity index (χ0n) is 17.2. The fourth-order valence-corrected chi connectivity index (χ4v) is 3.67. The molecule has 0 aliphatic rings. The van der Waals surface area contributed by atoms with Crippen LogP contribution in [0, 0.1) is 0 Å². The molecule has 0 radical (unpaired) electrons. The molecule has 0 unspecified atom stereocenters. The standard InChI is InChI=1S/C27H23NO3/c1-2-19-16-21-17-22(29)11-14-24(21)27(26(19)20-6-4-3-5-7-20)31-23-12-8-18(9-13-23)10-15-25(28)30/h3-17,29H,2H2,1H3,(H2,28,30). The summed E-state index contributed by atoms with van der Waals surface area (Å²) in [7, 11) is 0. The first-order valence-corrected chi connectivity index (χ1v) is 10.1. The van der Waals surface area contributed by atoms with Gasteiger partial charge in [0.15, 0.2) is 0 Å². The van der Waals surface area contributed by atoms with Crippen molar-refractivity contribution in [2.45, 2.75) is 13.3 Å². The molecule has 0 saturated heterocycles. The van der Waals surface area contributed by atoms with Crippen molar-refractivity contribution < 1.29 is 14.6 Å². The molecule has 0 aliphatic heterocycles. The maximum atomic E-state index is 11.0. The number of rotatable bonds is 6. The number of aryl methyl sites for hydroxylation is 1. The van der Waals surface area contributed by atoms with E-state index in [-0.39, 0.29) is 5.75 Å². The van der Waals surface area contributed by atoms with Crippen molar-refractivity contribution >= 4 is 22.8 Å². The molecular weight excluding hydrogens is 386 g/mol. The van der Waals surface area contributed by atoms with Crippen molar-refractivity contribution in [2.75, 3.05) is 0 Å². The molecule has 0 aliphatic carbocycles. The van der Waals surface area contributed by atoms with Gasteiger partial charge in [-0.1, -0.05) is 55.5 Å². The molecule has 0 saturated carbocycles. The fraction of sp³-hybridized carbons (Fsp3) is 0.0741. The Balaban J connectivity index is 1.86. The Morgan fingerprint density at radius 2 is 1.74 bits per heavy atom. The van der Waals surface area contributed by atoms with Gasteiger partial charge in [-0.3, -0.25) is 4.79 Å². The molecule has 4 aromatic rings. The zero-order valence-corrected chi connectivity index (χ0v) is 17.2. The Hall–Kier alpha value is -4.05. The van der Waals surface area contributed by atoms with Crippen LogP contribution in [0.4, 0.5) is 0 Å². The molecular formula is C27H23NO3. The summed E-state index contributed by atoms with van der Waals surface area (Å²) in [5, 5.41) is 11.8. The summed E-state index contributed by atoms with van der Waals surface area (Å²) >= 11 is 0. The average Bonchev–Trinajstić information content (AvgIpc) is 2.78. The normalized spacial score (nSPS) is 11.1. The number of fused-ring (bicyclic) bond motifs is 1. The number of nitrogens with two attached hydrogens (primary N) is 1. The van der Waals surface area contributed by atoms with Gasteiger partial charge < -0.3 is 15.6 Å². The molecule has 154 valence electrons. The lowest BCUT2D eigenvalue weighted by atomic mass is 9.92. The molecule has 4 rings (SSSR count). The predicted octanol–water partition coefficient (Wildman–Crippen LogP) is 6.07. The van der Waals surface area contributed by atoms with Gasteiger partial charge in [-0.25, -0.2) is 0 Å². The third-order valence-corrected chi connectivity index (χ3v) is 5.14. The van der Waals surface area contributed by atoms with Crippen molar-refractivity contribution in [1.29, 1.82) is 0 Å². The van der Waals surface area contributed by atoms with Crippen molar-refractivity contribution in [3.05, 3.63) is 96.1 Å². The molecule has 0 aromatic heterocycles. The van der Waals surface area contributed by atoms with Crippen molar-refractivity contribution in [2.24, 2.45) is 5.73 Å². The smallest absolute Gasteiger partial charge is 0.241 e. The van der Waals surface area contributed by atoms with Gasteiger partial charge in [0.05, 0.1) is 0 Å². The van der Waals surface area contributed by atoms with Crippen LogP contribution in [0.25, 0.3) is 28.0 Å². The van der Waals surface area contributed by atoms with E-state index < -0.39 is 5.91 Å². The highest BCUT2D eigenvalue weighted by Gasteiger charge is 2.17. The van der Waals surface area contributed by atoms with Gasteiger partial charge in [0, 0.05) is 17.0 Å². The molecule has 0 heterocycles. The van der Waals surface area contributed by atoms with Gasteiger partial charge in [0.25, 0.3) is 0 Å². The second-order valence-corrected chi connectivity index (χ2v) is 7.27. The lowest BCUT2D eigenvalue weighted by Gasteiger charge is -2.18. The quantitative estimate of drug-likeness (QED) is 0.380. The third kappa shape index (κ3) is 4.43. The number of carbonyl (C=O) groups excluding carboxylic acids is 1. The highest BCUT2D eigenvalue weighted by molar-refractivity contribution is 5.98. The molecule has 4 aromatic carbocycles. The topological polar surface area (TPSA) is 72.6 Å². The number of phenolic OH excluding ortho intramolecular Hbond substituents is 1. The number of carbonyl (C=O) groups is 1. The van der Waals surface area contributed by atoms with Crippen molar-refractivity contribution in [3.8, 4) is 28.4 Å². The van der Waals surface area contributed by atoms with Gasteiger partial charge in [0.1, 0.15) is 17.2 Å². The zero-order chi connectivity index (χ0) is 21.8. The number of amides is 1. The first-order chi connectivity index (χ1) is 15.0. The lowest BCUT2D eigenvalue weighted by Crippen LogP contribution is -2.05. The molecule has 0 fully saturated rings. The monoisotopic (exact) mass is 409 g/mol. The Bertz CT molecular complexity index is 1260. The van der Waals surface area contributed by atoms with E-state index >= 15 is 0 Å². The molecule has 1 amide bonds. The van der Waals surface area contributed by atoms with Gasteiger partial charge in [-0.15, -0.1) is 0 Å². The summed E-state index contributed by atoms with van der Waals surface area (Å²) in [5.41, 5.74) is 9.27. The van der Waals surface area contributed by atoms with E-state index in [1.165, 1.54) is 6.08 Å². The number of hydrogen-bond donors (Lipinski definition) is 2. The Labute approximate surface area is 181 Å². The van der Waals surface area contributed by atoms with E-state index in [4.69, 9.17) is 10.5 Å². The predicted molar refractivity (Wildman–Crippen MR) is 125 cm³/mol. The van der Waals surface area contributed by atoms with Crippen LogP contribution >= 0.6 is 0 Å². The summed E-state index contributed by atoms with van der Waals surface area (Å²) in [6, 6.07) is 25.1. The summed E-state index contributed by atoms with van der Waals surface area (Å²) in [6.07, 6.45) is 3.81. The molecule has 0 bridgehead atoms. The number of ether oxygens (including phenoxy) is 1. The second kappa shape index (κ2) is 8.76. The SMILES string of the molecule is CCc1cc2cc(O)ccc2c(Oc2ccc(C=CC(N)=O)cc2)c1-c1ccccc1. The molecule has 4 nitrogen and oxygen atoms in total. The van der Waals surface area contributed by atoms with E-state index in [2.05, 4.69) is 25.1 Å². The number of phenols is 1. The molecule has 0 atom stereocenters. The Morgan fingerprint density at radius 1 is 1.00 bits per heavy atom. The van der Waals surface area contributed by atoms with Crippen LogP contribution in [0.2, 0.25) is 0 Å². The van der Waals surface area contributed by atoms with Crippen molar-refractivity contribution in [3.63, 3.8) is 0 Å². The van der Waals surface area contributed by atoms with Crippen LogP contribution < -0.4 is 10.5 Å². The van der Waals surface area contributed by atoms with E-state index in [0.29, 0.717) is 5.75 Å². The van der Waals surface area contributed by atoms with Crippen LogP contribution in [0.3, 0.4) is 0 Å². The Kier molecular flexibility index (Phi) is 5.72. The van der Waals surface area contributed by atoms with E-state index in [1.807, 2.05) is 48.5 Å². The van der Waals surface area contributed by atoms with Gasteiger partial charge in [-0.05, 0) is 64.9 Å². The first-order valence-electron chi connectivity index (χ1n) is 10.1. The van der Waals surface area contributed by atoms with Crippen LogP contribution in [-0.2, 0) is 11.2 Å². The van der Waals surface area contributed by atoms with E-state index in [0.717, 1.165) is 45.2 Å². The minimum Gasteiger partial charge on any atom is -0.508 e. The van der Waals surface area contributed by atoms with E-state index in [1.54, 1.807) is 18.2 Å². The number of aromatic hydroxyl groups is 1. The molecule has 0 spiro atoms. The second-order valence-electron chi connectivity index (χ2n) is 7.27. The number of primary amides is 1. The minimum atomic E-state index is -0.487. The largest absolute Gasteiger partial charge is 0.508 e. The molecule has 4 heteroatoms. The first kappa shape index (κ1) is 20.2. The summed E-state index contributed by atoms with van der Waals surface area (Å²) < 4.78 is 6.44.